The molecule has 1 aliphatic rings. The average Bonchev–Trinajstić information content (AvgIpc) is 3.38. The van der Waals surface area contributed by atoms with E-state index in [0.29, 0.717) is 31.3 Å². The smallest absolute Gasteiger partial charge is 0.228 e. The molecule has 4 rings (SSSR count). The van der Waals surface area contributed by atoms with Gasteiger partial charge in [-0.25, -0.2) is 9.97 Å². The van der Waals surface area contributed by atoms with Gasteiger partial charge in [0, 0.05) is 30.7 Å². The molecule has 28 heavy (non-hydrogen) atoms. The molecule has 0 amide bonds. The summed E-state index contributed by atoms with van der Waals surface area (Å²) in [7, 11) is 0. The van der Waals surface area contributed by atoms with Crippen molar-refractivity contribution in [2.75, 3.05) is 18.5 Å². The van der Waals surface area contributed by atoms with Crippen LogP contribution in [0, 0.1) is 11.3 Å². The predicted octanol–water partition coefficient (Wildman–Crippen LogP) is 4.09. The highest BCUT2D eigenvalue weighted by Crippen LogP contribution is 2.35. The fraction of sp³-hybridized carbons (Fsp3) is 0.300. The van der Waals surface area contributed by atoms with Crippen molar-refractivity contribution in [2.24, 2.45) is 0 Å². The lowest BCUT2D eigenvalue weighted by molar-refractivity contribution is 0.0172. The van der Waals surface area contributed by atoms with Crippen LogP contribution in [0.2, 0.25) is 0 Å². The summed E-state index contributed by atoms with van der Waals surface area (Å²) in [6.45, 7) is 8.84. The summed E-state index contributed by atoms with van der Waals surface area (Å²) in [6, 6.07) is 4.28. The van der Waals surface area contributed by atoms with E-state index in [1.54, 1.807) is 17.4 Å². The Morgan fingerprint density at radius 3 is 3.00 bits per heavy atom. The van der Waals surface area contributed by atoms with Crippen molar-refractivity contribution < 1.29 is 4.74 Å². The van der Waals surface area contributed by atoms with Crippen LogP contribution in [-0.2, 0) is 10.3 Å². The topological polar surface area (TPSA) is 88.7 Å². The third-order valence-electron chi connectivity index (χ3n) is 5.00. The maximum Gasteiger partial charge on any atom is 0.228 e. The largest absolute Gasteiger partial charge is 0.381 e. The molecule has 1 saturated heterocycles. The molecule has 0 spiro atoms. The molecule has 1 fully saturated rings. The lowest BCUT2D eigenvalue weighted by Gasteiger charge is -2.35. The van der Waals surface area contributed by atoms with Gasteiger partial charge in [0.25, 0.3) is 0 Å². The normalized spacial score (nSPS) is 15.8. The first kappa shape index (κ1) is 18.3. The lowest BCUT2D eigenvalue weighted by atomic mass is 9.87. The minimum atomic E-state index is -0.328. The van der Waals surface area contributed by atoms with Gasteiger partial charge in [0.1, 0.15) is 0 Å². The van der Waals surface area contributed by atoms with E-state index in [1.807, 2.05) is 28.5 Å². The number of nitrogens with zero attached hydrogens (tertiary/aromatic N) is 5. The first-order valence-electron chi connectivity index (χ1n) is 8.99. The number of allylic oxidation sites excluding steroid dienone is 1. The second-order valence-electron chi connectivity index (χ2n) is 6.73. The Kier molecular flexibility index (Phi) is 4.94. The number of rotatable bonds is 6. The molecule has 0 saturated carbocycles. The third-order valence-corrected chi connectivity index (χ3v) is 5.91. The number of ether oxygens (including phenoxy) is 1. The van der Waals surface area contributed by atoms with E-state index in [4.69, 9.17) is 9.72 Å². The van der Waals surface area contributed by atoms with E-state index >= 15 is 0 Å². The Bertz CT molecular complexity index is 1070. The van der Waals surface area contributed by atoms with E-state index in [1.165, 1.54) is 0 Å². The van der Waals surface area contributed by atoms with Crippen molar-refractivity contribution in [1.29, 1.82) is 5.26 Å². The SMILES string of the molecule is C=CC(=C)Nc1nc(-c2cnn(C3(CC#N)CCOCC3)c2)c2sccc2n1. The summed E-state index contributed by atoms with van der Waals surface area (Å²) < 4.78 is 8.42. The van der Waals surface area contributed by atoms with Crippen molar-refractivity contribution in [3.05, 3.63) is 48.8 Å². The lowest BCUT2D eigenvalue weighted by Crippen LogP contribution is -2.39. The zero-order valence-corrected chi connectivity index (χ0v) is 16.2. The van der Waals surface area contributed by atoms with Gasteiger partial charge in [-0.15, -0.1) is 11.3 Å². The highest BCUT2D eigenvalue weighted by atomic mass is 32.1. The van der Waals surface area contributed by atoms with Crippen LogP contribution in [0.3, 0.4) is 0 Å². The van der Waals surface area contributed by atoms with E-state index in [-0.39, 0.29) is 5.54 Å². The van der Waals surface area contributed by atoms with Crippen LogP contribution in [0.5, 0.6) is 0 Å². The van der Waals surface area contributed by atoms with Crippen LogP contribution in [0.1, 0.15) is 19.3 Å². The Balaban J connectivity index is 1.76. The standard InChI is InChI=1S/C20H20N6OS/c1-3-14(2)23-19-24-16-4-11-28-18(16)17(25-19)15-12-22-26(13-15)20(5-8-21)6-9-27-10-7-20/h3-4,11-13H,1-2,5-7,9-10H2,(H,23,24,25). The molecule has 1 N–H and O–H groups in total. The molecule has 0 unspecified atom stereocenters. The van der Waals surface area contributed by atoms with Gasteiger partial charge in [-0.1, -0.05) is 13.2 Å². The number of hydrogen-bond acceptors (Lipinski definition) is 7. The Labute approximate surface area is 167 Å². The second kappa shape index (κ2) is 7.54. The van der Waals surface area contributed by atoms with Crippen molar-refractivity contribution in [2.45, 2.75) is 24.8 Å². The fourth-order valence-electron chi connectivity index (χ4n) is 3.40. The molecule has 0 bridgehead atoms. The van der Waals surface area contributed by atoms with E-state index in [0.717, 1.165) is 34.3 Å². The summed E-state index contributed by atoms with van der Waals surface area (Å²) >= 11 is 1.59. The van der Waals surface area contributed by atoms with E-state index < -0.39 is 0 Å². The third kappa shape index (κ3) is 3.30. The molecule has 7 nitrogen and oxygen atoms in total. The van der Waals surface area contributed by atoms with Crippen LogP contribution >= 0.6 is 11.3 Å². The second-order valence-corrected chi connectivity index (χ2v) is 7.65. The van der Waals surface area contributed by atoms with Crippen molar-refractivity contribution >= 4 is 27.5 Å². The minimum Gasteiger partial charge on any atom is -0.381 e. The average molecular weight is 392 g/mol. The predicted molar refractivity (Wildman–Crippen MR) is 110 cm³/mol. The molecule has 3 aromatic rings. The summed E-state index contributed by atoms with van der Waals surface area (Å²) in [5.74, 6) is 0.469. The molecule has 0 radical (unpaired) electrons. The van der Waals surface area contributed by atoms with E-state index in [9.17, 15) is 5.26 Å². The van der Waals surface area contributed by atoms with Gasteiger partial charge in [-0.2, -0.15) is 10.4 Å². The first-order valence-corrected chi connectivity index (χ1v) is 9.87. The van der Waals surface area contributed by atoms with Gasteiger partial charge >= 0.3 is 0 Å². The number of nitrogens with one attached hydrogen (secondary N) is 1. The number of hydrogen-bond donors (Lipinski definition) is 1. The zero-order valence-electron chi connectivity index (χ0n) is 15.4. The van der Waals surface area contributed by atoms with Gasteiger partial charge < -0.3 is 10.1 Å². The Morgan fingerprint density at radius 1 is 1.43 bits per heavy atom. The van der Waals surface area contributed by atoms with Gasteiger partial charge in [0.05, 0.1) is 40.1 Å². The molecule has 142 valence electrons. The number of anilines is 1. The maximum atomic E-state index is 9.35. The minimum absolute atomic E-state index is 0.328. The molecular weight excluding hydrogens is 372 g/mol. The molecule has 0 aliphatic carbocycles. The fourth-order valence-corrected chi connectivity index (χ4v) is 4.24. The van der Waals surface area contributed by atoms with Crippen molar-refractivity contribution in [1.82, 2.24) is 19.7 Å². The quantitative estimate of drug-likeness (QED) is 0.636. The van der Waals surface area contributed by atoms with Gasteiger partial charge in [-0.05, 0) is 30.4 Å². The molecule has 8 heteroatoms. The number of fused-ring (bicyclic) bond motifs is 1. The van der Waals surface area contributed by atoms with Crippen LogP contribution in [0.15, 0.2) is 48.8 Å². The molecule has 4 heterocycles. The van der Waals surface area contributed by atoms with E-state index in [2.05, 4.69) is 34.6 Å². The molecule has 3 aromatic heterocycles. The number of thiophene rings is 1. The summed E-state index contributed by atoms with van der Waals surface area (Å²) in [6.07, 6.45) is 7.35. The first-order chi connectivity index (χ1) is 13.6. The van der Waals surface area contributed by atoms with Crippen molar-refractivity contribution in [3.63, 3.8) is 0 Å². The van der Waals surface area contributed by atoms with Gasteiger partial charge in [0.15, 0.2) is 0 Å². The van der Waals surface area contributed by atoms with Crippen LogP contribution < -0.4 is 5.32 Å². The van der Waals surface area contributed by atoms with Crippen LogP contribution in [-0.4, -0.2) is 33.0 Å². The molecule has 1 aliphatic heterocycles. The maximum absolute atomic E-state index is 9.35. The van der Waals surface area contributed by atoms with Crippen molar-refractivity contribution in [3.8, 4) is 17.3 Å². The van der Waals surface area contributed by atoms with Gasteiger partial charge in [-0.3, -0.25) is 4.68 Å². The Hall–Kier alpha value is -3.02. The highest BCUT2D eigenvalue weighted by Gasteiger charge is 2.35. The number of aromatic nitrogens is 4. The molecule has 0 aromatic carbocycles. The zero-order chi connectivity index (χ0) is 19.6. The number of nitriles is 1. The Morgan fingerprint density at radius 2 is 2.25 bits per heavy atom. The summed E-state index contributed by atoms with van der Waals surface area (Å²) in [4.78, 5) is 9.24. The highest BCUT2D eigenvalue weighted by molar-refractivity contribution is 7.17. The van der Waals surface area contributed by atoms with Crippen LogP contribution in [0.4, 0.5) is 5.95 Å². The van der Waals surface area contributed by atoms with Crippen LogP contribution in [0.25, 0.3) is 21.5 Å². The summed E-state index contributed by atoms with van der Waals surface area (Å²) in [5, 5.41) is 19.0. The molecule has 0 atom stereocenters. The van der Waals surface area contributed by atoms with Gasteiger partial charge in [0.2, 0.25) is 5.95 Å². The monoisotopic (exact) mass is 392 g/mol. The molecular formula is C20H20N6OS. The summed E-state index contributed by atoms with van der Waals surface area (Å²) in [5.41, 5.74) is 2.87.